The standard InChI is InChI=1S/C9H9IN4O2S/c10-6-3-1-2-4-7(6)14-17(15,16)8-5-12-13-9(8)11/h1-5,14H,(H3,11,12,13). The van der Waals surface area contributed by atoms with Gasteiger partial charge in [0.1, 0.15) is 10.7 Å². The number of hydrogen-bond donors (Lipinski definition) is 3. The lowest BCUT2D eigenvalue weighted by Gasteiger charge is -2.08. The third kappa shape index (κ3) is 2.52. The molecule has 0 aliphatic rings. The van der Waals surface area contributed by atoms with Gasteiger partial charge in [-0.25, -0.2) is 8.42 Å². The van der Waals surface area contributed by atoms with Crippen LogP contribution in [0.5, 0.6) is 0 Å². The minimum absolute atomic E-state index is 0.0171. The number of benzene rings is 1. The third-order valence-corrected chi connectivity index (χ3v) is 4.37. The van der Waals surface area contributed by atoms with Crippen LogP contribution in [-0.2, 0) is 10.0 Å². The van der Waals surface area contributed by atoms with Crippen LogP contribution in [0, 0.1) is 3.57 Å². The van der Waals surface area contributed by atoms with Crippen LogP contribution in [0.4, 0.5) is 11.5 Å². The summed E-state index contributed by atoms with van der Waals surface area (Å²) in [4.78, 5) is -0.0582. The zero-order valence-corrected chi connectivity index (χ0v) is 11.5. The van der Waals surface area contributed by atoms with Gasteiger partial charge in [0.05, 0.1) is 11.9 Å². The first kappa shape index (κ1) is 12.2. The fourth-order valence-corrected chi connectivity index (χ4v) is 3.05. The van der Waals surface area contributed by atoms with Gasteiger partial charge in [-0.15, -0.1) is 0 Å². The Morgan fingerprint density at radius 3 is 2.65 bits per heavy atom. The van der Waals surface area contributed by atoms with Crippen LogP contribution in [0.15, 0.2) is 35.4 Å². The number of halogens is 1. The molecule has 2 rings (SSSR count). The Hall–Kier alpha value is -1.29. The predicted octanol–water partition coefficient (Wildman–Crippen LogP) is 1.40. The van der Waals surface area contributed by atoms with Gasteiger partial charge in [-0.05, 0) is 34.7 Å². The number of hydrogen-bond acceptors (Lipinski definition) is 4. The lowest BCUT2D eigenvalue weighted by atomic mass is 10.3. The molecule has 0 bridgehead atoms. The molecule has 0 fully saturated rings. The summed E-state index contributed by atoms with van der Waals surface area (Å²) in [6.45, 7) is 0. The average molecular weight is 364 g/mol. The largest absolute Gasteiger partial charge is 0.383 e. The second kappa shape index (κ2) is 4.53. The van der Waals surface area contributed by atoms with Crippen LogP contribution in [0.3, 0.4) is 0 Å². The second-order valence-electron chi connectivity index (χ2n) is 3.23. The van der Waals surface area contributed by atoms with Gasteiger partial charge >= 0.3 is 0 Å². The fraction of sp³-hybridized carbons (Fsp3) is 0. The Morgan fingerprint density at radius 1 is 1.35 bits per heavy atom. The topological polar surface area (TPSA) is 101 Å². The lowest BCUT2D eigenvalue weighted by molar-refractivity contribution is 0.601. The Kier molecular flexibility index (Phi) is 3.24. The van der Waals surface area contributed by atoms with Crippen LogP contribution in [0.2, 0.25) is 0 Å². The predicted molar refractivity (Wildman–Crippen MR) is 73.0 cm³/mol. The zero-order valence-electron chi connectivity index (χ0n) is 8.51. The van der Waals surface area contributed by atoms with Crippen LogP contribution in [0.25, 0.3) is 0 Å². The molecule has 2 aromatic rings. The highest BCUT2D eigenvalue weighted by Crippen LogP contribution is 2.22. The molecular formula is C9H9IN4O2S. The Morgan fingerprint density at radius 2 is 2.06 bits per heavy atom. The van der Waals surface area contributed by atoms with E-state index >= 15 is 0 Å². The van der Waals surface area contributed by atoms with Gasteiger partial charge in [-0.2, -0.15) is 5.10 Å². The van der Waals surface area contributed by atoms with Crippen molar-refractivity contribution in [1.82, 2.24) is 10.2 Å². The van der Waals surface area contributed by atoms with Gasteiger partial charge in [0.15, 0.2) is 0 Å². The van der Waals surface area contributed by atoms with E-state index in [1.165, 1.54) is 6.20 Å². The first-order valence-corrected chi connectivity index (χ1v) is 7.13. The number of nitrogen functional groups attached to an aromatic ring is 1. The number of para-hydroxylation sites is 1. The van der Waals surface area contributed by atoms with Crippen molar-refractivity contribution in [3.63, 3.8) is 0 Å². The number of H-pyrrole nitrogens is 1. The molecule has 0 aliphatic carbocycles. The van der Waals surface area contributed by atoms with E-state index in [2.05, 4.69) is 14.9 Å². The zero-order chi connectivity index (χ0) is 12.5. The SMILES string of the molecule is Nc1[nH]ncc1S(=O)(=O)Nc1ccccc1I. The van der Waals surface area contributed by atoms with E-state index in [0.717, 1.165) is 3.57 Å². The van der Waals surface area contributed by atoms with E-state index < -0.39 is 10.0 Å². The molecular weight excluding hydrogens is 355 g/mol. The summed E-state index contributed by atoms with van der Waals surface area (Å²) in [6, 6.07) is 7.05. The number of anilines is 2. The summed E-state index contributed by atoms with van der Waals surface area (Å²) >= 11 is 2.05. The number of nitrogens with one attached hydrogen (secondary N) is 2. The summed E-state index contributed by atoms with van der Waals surface area (Å²) in [5.41, 5.74) is 5.99. The van der Waals surface area contributed by atoms with Crippen LogP contribution >= 0.6 is 22.6 Å². The van der Waals surface area contributed by atoms with E-state index in [1.807, 2.05) is 28.7 Å². The number of sulfonamides is 1. The maximum Gasteiger partial charge on any atom is 0.267 e. The highest BCUT2D eigenvalue weighted by molar-refractivity contribution is 14.1. The van der Waals surface area contributed by atoms with Gasteiger partial charge in [-0.3, -0.25) is 9.82 Å². The van der Waals surface area contributed by atoms with Crippen molar-refractivity contribution >= 4 is 44.1 Å². The molecule has 0 spiro atoms. The molecule has 8 heteroatoms. The molecule has 1 aromatic heterocycles. The van der Waals surface area contributed by atoms with E-state index in [-0.39, 0.29) is 10.7 Å². The normalized spacial score (nSPS) is 11.4. The first-order valence-electron chi connectivity index (χ1n) is 4.57. The minimum Gasteiger partial charge on any atom is -0.383 e. The van der Waals surface area contributed by atoms with Gasteiger partial charge in [0, 0.05) is 3.57 Å². The van der Waals surface area contributed by atoms with Gasteiger partial charge in [-0.1, -0.05) is 12.1 Å². The summed E-state index contributed by atoms with van der Waals surface area (Å²) in [5.74, 6) is 0.0171. The molecule has 17 heavy (non-hydrogen) atoms. The van der Waals surface area contributed by atoms with Crippen molar-refractivity contribution in [1.29, 1.82) is 0 Å². The highest BCUT2D eigenvalue weighted by atomic mass is 127. The van der Waals surface area contributed by atoms with E-state index in [0.29, 0.717) is 5.69 Å². The minimum atomic E-state index is -3.70. The Bertz CT molecular complexity index is 638. The van der Waals surface area contributed by atoms with E-state index in [4.69, 9.17) is 5.73 Å². The molecule has 0 radical (unpaired) electrons. The number of aromatic nitrogens is 2. The molecule has 0 atom stereocenters. The van der Waals surface area contributed by atoms with Gasteiger partial charge < -0.3 is 5.73 Å². The highest BCUT2D eigenvalue weighted by Gasteiger charge is 2.20. The van der Waals surface area contributed by atoms with Crippen LogP contribution in [-0.4, -0.2) is 18.6 Å². The van der Waals surface area contributed by atoms with Gasteiger partial charge in [0.2, 0.25) is 0 Å². The summed E-state index contributed by atoms with van der Waals surface area (Å²) in [6.07, 6.45) is 1.17. The molecule has 6 nitrogen and oxygen atoms in total. The second-order valence-corrected chi connectivity index (χ2v) is 6.05. The van der Waals surface area contributed by atoms with Crippen LogP contribution < -0.4 is 10.5 Å². The first-order chi connectivity index (χ1) is 8.00. The van der Waals surface area contributed by atoms with Crippen LogP contribution in [0.1, 0.15) is 0 Å². The van der Waals surface area contributed by atoms with E-state index in [9.17, 15) is 8.42 Å². The molecule has 0 saturated carbocycles. The molecule has 0 saturated heterocycles. The smallest absolute Gasteiger partial charge is 0.267 e. The maximum atomic E-state index is 12.0. The molecule has 0 aliphatic heterocycles. The van der Waals surface area contributed by atoms with Crippen molar-refractivity contribution < 1.29 is 8.42 Å². The molecule has 0 unspecified atom stereocenters. The van der Waals surface area contributed by atoms with Crippen molar-refractivity contribution in [3.05, 3.63) is 34.0 Å². The number of rotatable bonds is 3. The maximum absolute atomic E-state index is 12.0. The van der Waals surface area contributed by atoms with Crippen molar-refractivity contribution in [2.75, 3.05) is 10.5 Å². The van der Waals surface area contributed by atoms with Crippen molar-refractivity contribution in [2.45, 2.75) is 4.90 Å². The monoisotopic (exact) mass is 364 g/mol. The van der Waals surface area contributed by atoms with Crippen molar-refractivity contribution in [3.8, 4) is 0 Å². The number of nitrogens with zero attached hydrogens (tertiary/aromatic N) is 1. The fourth-order valence-electron chi connectivity index (χ4n) is 1.24. The Labute approximate surface area is 112 Å². The van der Waals surface area contributed by atoms with Gasteiger partial charge in [0.25, 0.3) is 10.0 Å². The summed E-state index contributed by atoms with van der Waals surface area (Å²) < 4.78 is 27.2. The summed E-state index contributed by atoms with van der Waals surface area (Å²) in [7, 11) is -3.70. The van der Waals surface area contributed by atoms with E-state index in [1.54, 1.807) is 18.2 Å². The number of nitrogens with two attached hydrogens (primary N) is 1. The summed E-state index contributed by atoms with van der Waals surface area (Å²) in [5, 5.41) is 5.96. The molecule has 1 aromatic carbocycles. The molecule has 90 valence electrons. The number of aromatic amines is 1. The van der Waals surface area contributed by atoms with Crippen molar-refractivity contribution in [2.24, 2.45) is 0 Å². The lowest BCUT2D eigenvalue weighted by Crippen LogP contribution is -2.14. The quantitative estimate of drug-likeness (QED) is 0.717. The molecule has 4 N–H and O–H groups in total. The third-order valence-electron chi connectivity index (χ3n) is 2.04. The molecule has 1 heterocycles. The Balaban J connectivity index is 2.37. The molecule has 0 amide bonds. The average Bonchev–Trinajstić information content (AvgIpc) is 2.68.